The third-order valence-electron chi connectivity index (χ3n) is 2.99. The third-order valence-corrected chi connectivity index (χ3v) is 2.99. The van der Waals surface area contributed by atoms with Gasteiger partial charge in [0.15, 0.2) is 0 Å². The minimum atomic E-state index is -0.264. The highest BCUT2D eigenvalue weighted by atomic mass is 19.1. The predicted octanol–water partition coefficient (Wildman–Crippen LogP) is 4.13. The van der Waals surface area contributed by atoms with Crippen molar-refractivity contribution in [1.29, 1.82) is 0 Å². The van der Waals surface area contributed by atoms with Gasteiger partial charge in [-0.3, -0.25) is 0 Å². The standard InChI is InChI=1S/C17H20FNO2/c1-3-19-12-15-16(18)6-5-7-17(15)21-14-10-8-13(9-11-14)20-4-2/h5-11,19H,3-4,12H2,1-2H3. The molecule has 4 heteroatoms. The molecule has 2 aromatic carbocycles. The Labute approximate surface area is 124 Å². The summed E-state index contributed by atoms with van der Waals surface area (Å²) in [7, 11) is 0. The average molecular weight is 289 g/mol. The molecule has 0 aliphatic rings. The lowest BCUT2D eigenvalue weighted by atomic mass is 10.2. The SMILES string of the molecule is CCNCc1c(F)cccc1Oc1ccc(OCC)cc1. The second-order valence-corrected chi connectivity index (χ2v) is 4.50. The fourth-order valence-electron chi connectivity index (χ4n) is 1.95. The number of hydrogen-bond acceptors (Lipinski definition) is 3. The second kappa shape index (κ2) is 7.64. The number of nitrogens with one attached hydrogen (secondary N) is 1. The summed E-state index contributed by atoms with van der Waals surface area (Å²) >= 11 is 0. The van der Waals surface area contributed by atoms with Crippen molar-refractivity contribution >= 4 is 0 Å². The van der Waals surface area contributed by atoms with Gasteiger partial charge in [-0.2, -0.15) is 0 Å². The van der Waals surface area contributed by atoms with Crippen LogP contribution in [0.5, 0.6) is 17.2 Å². The molecule has 2 aromatic rings. The summed E-state index contributed by atoms with van der Waals surface area (Å²) in [6, 6.07) is 12.2. The minimum absolute atomic E-state index is 0.264. The molecule has 0 aliphatic carbocycles. The first-order chi connectivity index (χ1) is 10.2. The highest BCUT2D eigenvalue weighted by Crippen LogP contribution is 2.28. The van der Waals surface area contributed by atoms with Gasteiger partial charge < -0.3 is 14.8 Å². The van der Waals surface area contributed by atoms with Crippen molar-refractivity contribution in [2.24, 2.45) is 0 Å². The molecule has 1 N–H and O–H groups in total. The highest BCUT2D eigenvalue weighted by molar-refractivity contribution is 5.40. The first kappa shape index (κ1) is 15.3. The summed E-state index contributed by atoms with van der Waals surface area (Å²) in [5, 5.41) is 3.12. The Morgan fingerprint density at radius 2 is 1.71 bits per heavy atom. The second-order valence-electron chi connectivity index (χ2n) is 4.50. The van der Waals surface area contributed by atoms with Crippen LogP contribution in [0.3, 0.4) is 0 Å². The van der Waals surface area contributed by atoms with Gasteiger partial charge in [0.1, 0.15) is 23.1 Å². The van der Waals surface area contributed by atoms with Gasteiger partial charge in [-0.1, -0.05) is 13.0 Å². The molecule has 0 fully saturated rings. The van der Waals surface area contributed by atoms with Gasteiger partial charge in [0.05, 0.1) is 6.61 Å². The van der Waals surface area contributed by atoms with Gasteiger partial charge in [0, 0.05) is 12.1 Å². The zero-order chi connectivity index (χ0) is 15.1. The van der Waals surface area contributed by atoms with Crippen LogP contribution in [0.1, 0.15) is 19.4 Å². The van der Waals surface area contributed by atoms with E-state index in [0.29, 0.717) is 30.2 Å². The van der Waals surface area contributed by atoms with E-state index in [-0.39, 0.29) is 5.82 Å². The van der Waals surface area contributed by atoms with Crippen LogP contribution in [0.2, 0.25) is 0 Å². The summed E-state index contributed by atoms with van der Waals surface area (Å²) in [5.74, 6) is 1.71. The molecule has 0 saturated heterocycles. The van der Waals surface area contributed by atoms with Gasteiger partial charge in [-0.15, -0.1) is 0 Å². The van der Waals surface area contributed by atoms with Crippen molar-refractivity contribution in [3.05, 3.63) is 53.8 Å². The van der Waals surface area contributed by atoms with E-state index in [1.807, 2.05) is 38.1 Å². The number of benzene rings is 2. The number of ether oxygens (including phenoxy) is 2. The molecule has 21 heavy (non-hydrogen) atoms. The zero-order valence-corrected chi connectivity index (χ0v) is 12.4. The van der Waals surface area contributed by atoms with Gasteiger partial charge in [0.2, 0.25) is 0 Å². The zero-order valence-electron chi connectivity index (χ0n) is 12.4. The van der Waals surface area contributed by atoms with E-state index in [9.17, 15) is 4.39 Å². The Hall–Kier alpha value is -2.07. The first-order valence-corrected chi connectivity index (χ1v) is 7.13. The Bertz CT molecular complexity index is 570. The van der Waals surface area contributed by atoms with Gasteiger partial charge in [-0.25, -0.2) is 4.39 Å². The van der Waals surface area contributed by atoms with Crippen LogP contribution in [0.15, 0.2) is 42.5 Å². The molecule has 0 saturated carbocycles. The molecular formula is C17H20FNO2. The molecule has 0 atom stereocenters. The van der Waals surface area contributed by atoms with Crippen molar-refractivity contribution in [1.82, 2.24) is 5.32 Å². The van der Waals surface area contributed by atoms with Crippen LogP contribution < -0.4 is 14.8 Å². The molecule has 0 radical (unpaired) electrons. The van der Waals surface area contributed by atoms with Crippen molar-refractivity contribution in [3.63, 3.8) is 0 Å². The van der Waals surface area contributed by atoms with Crippen LogP contribution in [-0.4, -0.2) is 13.2 Å². The maximum Gasteiger partial charge on any atom is 0.134 e. The summed E-state index contributed by atoms with van der Waals surface area (Å²) < 4.78 is 25.1. The largest absolute Gasteiger partial charge is 0.494 e. The van der Waals surface area contributed by atoms with E-state index in [1.54, 1.807) is 12.1 Å². The molecule has 0 spiro atoms. The van der Waals surface area contributed by atoms with Crippen molar-refractivity contribution < 1.29 is 13.9 Å². The normalized spacial score (nSPS) is 10.4. The molecule has 0 bridgehead atoms. The summed E-state index contributed by atoms with van der Waals surface area (Å²) in [6.45, 7) is 5.75. The van der Waals surface area contributed by atoms with E-state index in [4.69, 9.17) is 9.47 Å². The molecule has 0 aromatic heterocycles. The van der Waals surface area contributed by atoms with Crippen LogP contribution in [-0.2, 0) is 6.54 Å². The van der Waals surface area contributed by atoms with Gasteiger partial charge in [0.25, 0.3) is 0 Å². The van der Waals surface area contributed by atoms with E-state index < -0.39 is 0 Å². The maximum absolute atomic E-state index is 13.9. The molecule has 2 rings (SSSR count). The molecule has 0 heterocycles. The third kappa shape index (κ3) is 4.20. The van der Waals surface area contributed by atoms with E-state index in [2.05, 4.69) is 5.32 Å². The van der Waals surface area contributed by atoms with Crippen molar-refractivity contribution in [3.8, 4) is 17.2 Å². The van der Waals surface area contributed by atoms with Crippen LogP contribution in [0, 0.1) is 5.82 Å². The summed E-state index contributed by atoms with van der Waals surface area (Å²) in [4.78, 5) is 0. The quantitative estimate of drug-likeness (QED) is 0.831. The number of halogens is 1. The molecule has 0 aliphatic heterocycles. The van der Waals surface area contributed by atoms with E-state index in [1.165, 1.54) is 6.07 Å². The maximum atomic E-state index is 13.9. The van der Waals surface area contributed by atoms with Crippen LogP contribution in [0.25, 0.3) is 0 Å². The molecule has 0 amide bonds. The van der Waals surface area contributed by atoms with Crippen molar-refractivity contribution in [2.45, 2.75) is 20.4 Å². The van der Waals surface area contributed by atoms with Crippen molar-refractivity contribution in [2.75, 3.05) is 13.2 Å². The average Bonchev–Trinajstić information content (AvgIpc) is 2.49. The summed E-state index contributed by atoms with van der Waals surface area (Å²) in [5.41, 5.74) is 0.535. The Kier molecular flexibility index (Phi) is 5.58. The predicted molar refractivity (Wildman–Crippen MR) is 81.5 cm³/mol. The highest BCUT2D eigenvalue weighted by Gasteiger charge is 2.10. The van der Waals surface area contributed by atoms with Gasteiger partial charge >= 0.3 is 0 Å². The molecule has 0 unspecified atom stereocenters. The Balaban J connectivity index is 2.16. The van der Waals surface area contributed by atoms with Gasteiger partial charge in [-0.05, 0) is 49.9 Å². The first-order valence-electron chi connectivity index (χ1n) is 7.13. The lowest BCUT2D eigenvalue weighted by Gasteiger charge is -2.13. The topological polar surface area (TPSA) is 30.5 Å². The number of hydrogen-bond donors (Lipinski definition) is 1. The lowest BCUT2D eigenvalue weighted by molar-refractivity contribution is 0.339. The Morgan fingerprint density at radius 1 is 1.00 bits per heavy atom. The van der Waals surface area contributed by atoms with Crippen LogP contribution >= 0.6 is 0 Å². The minimum Gasteiger partial charge on any atom is -0.494 e. The fourth-order valence-corrected chi connectivity index (χ4v) is 1.95. The lowest BCUT2D eigenvalue weighted by Crippen LogP contribution is -2.13. The molecule has 112 valence electrons. The number of rotatable bonds is 7. The van der Waals surface area contributed by atoms with E-state index >= 15 is 0 Å². The summed E-state index contributed by atoms with van der Waals surface area (Å²) in [6.07, 6.45) is 0. The molecule has 3 nitrogen and oxygen atoms in total. The smallest absolute Gasteiger partial charge is 0.134 e. The monoisotopic (exact) mass is 289 g/mol. The van der Waals surface area contributed by atoms with E-state index in [0.717, 1.165) is 12.3 Å². The van der Waals surface area contributed by atoms with Crippen LogP contribution in [0.4, 0.5) is 4.39 Å². The fraction of sp³-hybridized carbons (Fsp3) is 0.294. The Morgan fingerprint density at radius 3 is 2.38 bits per heavy atom. The molecular weight excluding hydrogens is 269 g/mol.